The third kappa shape index (κ3) is 4.62. The van der Waals surface area contributed by atoms with Crippen molar-refractivity contribution >= 4 is 12.0 Å². The topological polar surface area (TPSA) is 119 Å². The quantitative estimate of drug-likeness (QED) is 0.516. The summed E-state index contributed by atoms with van der Waals surface area (Å²) in [5, 5.41) is 30.8. The van der Waals surface area contributed by atoms with Crippen molar-refractivity contribution in [2.75, 3.05) is 33.4 Å². The van der Waals surface area contributed by atoms with E-state index >= 15 is 0 Å². The summed E-state index contributed by atoms with van der Waals surface area (Å²) in [6, 6.07) is -0.550. The molecule has 1 heterocycles. The average molecular weight is 290 g/mol. The summed E-state index contributed by atoms with van der Waals surface area (Å²) < 4.78 is 5.15. The fourth-order valence-electron chi connectivity index (χ4n) is 1.88. The van der Waals surface area contributed by atoms with Gasteiger partial charge in [0.05, 0.1) is 18.7 Å². The molecule has 1 unspecified atom stereocenters. The number of rotatable bonds is 5. The monoisotopic (exact) mass is 290 g/mol. The van der Waals surface area contributed by atoms with Crippen LogP contribution in [0.2, 0.25) is 0 Å². The smallest absolute Gasteiger partial charge is 0.337 e. The molecule has 1 saturated heterocycles. The van der Waals surface area contributed by atoms with Gasteiger partial charge < -0.3 is 30.3 Å². The summed E-state index contributed by atoms with van der Waals surface area (Å²) in [5.41, 5.74) is -3.01. The molecule has 1 aliphatic rings. The van der Waals surface area contributed by atoms with E-state index in [9.17, 15) is 19.8 Å². The largest absolute Gasteiger partial charge is 0.479 e. The number of ether oxygens (including phenoxy) is 1. The number of urea groups is 1. The maximum Gasteiger partial charge on any atom is 0.337 e. The number of nitrogens with one attached hydrogen (secondary N) is 1. The number of hydrogen-bond donors (Lipinski definition) is 4. The van der Waals surface area contributed by atoms with E-state index in [1.165, 1.54) is 11.9 Å². The maximum absolute atomic E-state index is 11.8. The number of carboxylic acids is 1. The van der Waals surface area contributed by atoms with E-state index in [4.69, 9.17) is 9.84 Å². The van der Waals surface area contributed by atoms with Crippen LogP contribution >= 0.6 is 0 Å². The first-order valence-electron chi connectivity index (χ1n) is 6.41. The van der Waals surface area contributed by atoms with E-state index in [0.29, 0.717) is 26.1 Å². The Hall–Kier alpha value is -1.38. The molecule has 1 atom stereocenters. The van der Waals surface area contributed by atoms with Crippen LogP contribution in [0.4, 0.5) is 4.79 Å². The van der Waals surface area contributed by atoms with Crippen LogP contribution in [0.3, 0.4) is 0 Å². The maximum atomic E-state index is 11.8. The van der Waals surface area contributed by atoms with Gasteiger partial charge >= 0.3 is 12.0 Å². The lowest BCUT2D eigenvalue weighted by atomic mass is 9.94. The minimum atomic E-state index is -2.02. The Morgan fingerprint density at radius 1 is 1.40 bits per heavy atom. The molecule has 0 aliphatic carbocycles. The second-order valence-corrected chi connectivity index (χ2v) is 5.43. The average Bonchev–Trinajstić information content (AvgIpc) is 2.36. The Bertz CT molecular complexity index is 365. The number of nitrogens with zero attached hydrogens (tertiary/aromatic N) is 1. The van der Waals surface area contributed by atoms with Crippen molar-refractivity contribution in [3.8, 4) is 0 Å². The van der Waals surface area contributed by atoms with Gasteiger partial charge in [0.2, 0.25) is 0 Å². The predicted molar refractivity (Wildman–Crippen MR) is 69.3 cm³/mol. The SMILES string of the molecule is CN(CC1(O)CCOCC1)C(=O)NCC(C)(O)C(=O)O. The van der Waals surface area contributed by atoms with Crippen molar-refractivity contribution in [3.63, 3.8) is 0 Å². The Morgan fingerprint density at radius 2 is 1.95 bits per heavy atom. The predicted octanol–water partition coefficient (Wildman–Crippen LogP) is -0.995. The molecule has 8 nitrogen and oxygen atoms in total. The summed E-state index contributed by atoms with van der Waals surface area (Å²) in [6.45, 7) is 1.70. The molecule has 0 saturated carbocycles. The van der Waals surface area contributed by atoms with E-state index in [2.05, 4.69) is 5.32 Å². The first kappa shape index (κ1) is 16.7. The molecular weight excluding hydrogens is 268 g/mol. The summed E-state index contributed by atoms with van der Waals surface area (Å²) in [6.07, 6.45) is 0.884. The molecule has 0 radical (unpaired) electrons. The molecule has 0 spiro atoms. The van der Waals surface area contributed by atoms with Gasteiger partial charge in [-0.2, -0.15) is 0 Å². The molecule has 1 rings (SSSR count). The minimum Gasteiger partial charge on any atom is -0.479 e. The second-order valence-electron chi connectivity index (χ2n) is 5.43. The van der Waals surface area contributed by atoms with E-state index in [1.807, 2.05) is 0 Å². The fourth-order valence-corrected chi connectivity index (χ4v) is 1.88. The molecule has 1 aliphatic heterocycles. The van der Waals surface area contributed by atoms with Crippen LogP contribution in [0, 0.1) is 0 Å². The van der Waals surface area contributed by atoms with Crippen LogP contribution in [0.5, 0.6) is 0 Å². The summed E-state index contributed by atoms with van der Waals surface area (Å²) in [7, 11) is 1.50. The third-order valence-corrected chi connectivity index (χ3v) is 3.35. The van der Waals surface area contributed by atoms with Crippen LogP contribution in [0.1, 0.15) is 19.8 Å². The van der Waals surface area contributed by atoms with Gasteiger partial charge in [0.15, 0.2) is 5.60 Å². The van der Waals surface area contributed by atoms with Crippen molar-refractivity contribution in [1.29, 1.82) is 0 Å². The van der Waals surface area contributed by atoms with Crippen LogP contribution < -0.4 is 5.32 Å². The number of carbonyl (C=O) groups excluding carboxylic acids is 1. The fraction of sp³-hybridized carbons (Fsp3) is 0.833. The second kappa shape index (κ2) is 6.38. The van der Waals surface area contributed by atoms with Crippen molar-refractivity contribution in [3.05, 3.63) is 0 Å². The Morgan fingerprint density at radius 3 is 2.45 bits per heavy atom. The van der Waals surface area contributed by atoms with E-state index in [1.54, 1.807) is 0 Å². The van der Waals surface area contributed by atoms with E-state index in [0.717, 1.165) is 6.92 Å². The van der Waals surface area contributed by atoms with Crippen molar-refractivity contribution in [2.24, 2.45) is 0 Å². The third-order valence-electron chi connectivity index (χ3n) is 3.35. The molecule has 8 heteroatoms. The van der Waals surface area contributed by atoms with Gasteiger partial charge in [-0.15, -0.1) is 0 Å². The number of carboxylic acid groups (broad SMARTS) is 1. The molecule has 0 bridgehead atoms. The number of hydrogen-bond acceptors (Lipinski definition) is 5. The molecule has 1 fully saturated rings. The first-order chi connectivity index (χ1) is 9.16. The molecule has 0 aromatic carbocycles. The van der Waals surface area contributed by atoms with Crippen LogP contribution in [0.15, 0.2) is 0 Å². The highest BCUT2D eigenvalue weighted by atomic mass is 16.5. The van der Waals surface area contributed by atoms with Gasteiger partial charge in [0.25, 0.3) is 0 Å². The zero-order valence-electron chi connectivity index (χ0n) is 11.8. The molecule has 0 aromatic heterocycles. The summed E-state index contributed by atoms with van der Waals surface area (Å²) >= 11 is 0. The standard InChI is InChI=1S/C12H22N2O6/c1-11(18,9(15)16)7-13-10(17)14(2)8-12(19)3-5-20-6-4-12/h18-19H,3-8H2,1-2H3,(H,13,17)(H,15,16). The van der Waals surface area contributed by atoms with Gasteiger partial charge in [-0.3, -0.25) is 0 Å². The molecule has 2 amide bonds. The van der Waals surface area contributed by atoms with Crippen molar-refractivity contribution < 1.29 is 29.6 Å². The number of likely N-dealkylation sites (N-methyl/N-ethyl adjacent to an activating group) is 1. The van der Waals surface area contributed by atoms with E-state index < -0.39 is 29.7 Å². The van der Waals surface area contributed by atoms with Crippen molar-refractivity contribution in [1.82, 2.24) is 10.2 Å². The van der Waals surface area contributed by atoms with Crippen LogP contribution in [0.25, 0.3) is 0 Å². The van der Waals surface area contributed by atoms with Crippen LogP contribution in [-0.2, 0) is 9.53 Å². The van der Waals surface area contributed by atoms with Gasteiger partial charge in [0.1, 0.15) is 0 Å². The molecule has 116 valence electrons. The highest BCUT2D eigenvalue weighted by Gasteiger charge is 2.34. The number of amides is 2. The Labute approximate surface area is 117 Å². The Balaban J connectivity index is 2.45. The zero-order valence-corrected chi connectivity index (χ0v) is 11.8. The first-order valence-corrected chi connectivity index (χ1v) is 6.41. The summed E-state index contributed by atoms with van der Waals surface area (Å²) in [4.78, 5) is 23.8. The summed E-state index contributed by atoms with van der Waals surface area (Å²) in [5.74, 6) is -1.41. The van der Waals surface area contributed by atoms with Crippen LogP contribution in [-0.4, -0.2) is 76.8 Å². The number of carbonyl (C=O) groups is 2. The number of aliphatic carboxylic acids is 1. The minimum absolute atomic E-state index is 0.122. The van der Waals surface area contributed by atoms with Gasteiger partial charge in [-0.1, -0.05) is 0 Å². The Kier molecular flexibility index (Phi) is 5.32. The van der Waals surface area contributed by atoms with Crippen molar-refractivity contribution in [2.45, 2.75) is 31.0 Å². The lowest BCUT2D eigenvalue weighted by Crippen LogP contribution is -2.53. The lowest BCUT2D eigenvalue weighted by molar-refractivity contribution is -0.155. The zero-order chi connectivity index (χ0) is 15.4. The lowest BCUT2D eigenvalue weighted by Gasteiger charge is -2.35. The molecule has 0 aromatic rings. The highest BCUT2D eigenvalue weighted by molar-refractivity contribution is 5.79. The highest BCUT2D eigenvalue weighted by Crippen LogP contribution is 2.21. The normalized spacial score (nSPS) is 20.8. The van der Waals surface area contributed by atoms with Gasteiger partial charge in [-0.05, 0) is 6.92 Å². The molecule has 20 heavy (non-hydrogen) atoms. The number of aliphatic hydroxyl groups is 2. The van der Waals surface area contributed by atoms with Gasteiger partial charge in [0, 0.05) is 33.1 Å². The molecule has 4 N–H and O–H groups in total. The molecular formula is C12H22N2O6. The van der Waals surface area contributed by atoms with E-state index in [-0.39, 0.29) is 6.54 Å². The van der Waals surface area contributed by atoms with Gasteiger partial charge in [-0.25, -0.2) is 9.59 Å².